The molecule has 1 heterocycles. The highest BCUT2D eigenvalue weighted by Crippen LogP contribution is 2.35. The molecule has 3 heteroatoms. The van der Waals surface area contributed by atoms with Crippen LogP contribution < -0.4 is 5.32 Å². The van der Waals surface area contributed by atoms with Crippen LogP contribution in [0.4, 0.5) is 0 Å². The highest BCUT2D eigenvalue weighted by molar-refractivity contribution is 7.19. The number of aryl methyl sites for hydroxylation is 2. The van der Waals surface area contributed by atoms with Crippen LogP contribution in [-0.2, 0) is 17.9 Å². The average Bonchev–Trinajstić information content (AvgIpc) is 3.13. The van der Waals surface area contributed by atoms with Crippen LogP contribution in [0.15, 0.2) is 12.1 Å². The van der Waals surface area contributed by atoms with Crippen molar-refractivity contribution in [1.82, 2.24) is 5.32 Å². The van der Waals surface area contributed by atoms with Crippen molar-refractivity contribution in [2.24, 2.45) is 0 Å². The molecule has 1 aliphatic carbocycles. The first kappa shape index (κ1) is 13.1. The third kappa shape index (κ3) is 2.69. The smallest absolute Gasteiger partial charge is 0.0730 e. The first-order valence-electron chi connectivity index (χ1n) is 6.93. The zero-order valence-electron chi connectivity index (χ0n) is 11.9. The molecule has 0 spiro atoms. The summed E-state index contributed by atoms with van der Waals surface area (Å²) >= 11 is 1.93. The zero-order chi connectivity index (χ0) is 13.4. The molecule has 0 radical (unpaired) electrons. The van der Waals surface area contributed by atoms with Gasteiger partial charge in [0.25, 0.3) is 0 Å². The van der Waals surface area contributed by atoms with Crippen molar-refractivity contribution in [3.05, 3.63) is 33.7 Å². The summed E-state index contributed by atoms with van der Waals surface area (Å²) in [5.74, 6) is 0. The van der Waals surface area contributed by atoms with Gasteiger partial charge in [-0.15, -0.1) is 11.3 Å². The number of methoxy groups -OCH3 is 1. The first-order chi connectivity index (χ1) is 9.19. The van der Waals surface area contributed by atoms with Gasteiger partial charge >= 0.3 is 0 Å². The van der Waals surface area contributed by atoms with E-state index in [0.717, 1.165) is 12.6 Å². The number of thiophene rings is 1. The lowest BCUT2D eigenvalue weighted by Crippen LogP contribution is -2.15. The third-order valence-electron chi connectivity index (χ3n) is 3.72. The normalized spacial score (nSPS) is 15.3. The second kappa shape index (κ2) is 5.23. The minimum absolute atomic E-state index is 0.713. The van der Waals surface area contributed by atoms with Crippen LogP contribution in [0.25, 0.3) is 10.1 Å². The van der Waals surface area contributed by atoms with E-state index in [1.807, 2.05) is 11.3 Å². The molecule has 19 heavy (non-hydrogen) atoms. The van der Waals surface area contributed by atoms with Gasteiger partial charge in [-0.1, -0.05) is 17.7 Å². The molecule has 0 aliphatic heterocycles. The van der Waals surface area contributed by atoms with Crippen molar-refractivity contribution in [2.45, 2.75) is 45.9 Å². The number of hydrogen-bond acceptors (Lipinski definition) is 3. The number of rotatable bonds is 5. The predicted molar refractivity (Wildman–Crippen MR) is 81.9 cm³/mol. The van der Waals surface area contributed by atoms with Gasteiger partial charge in [0.15, 0.2) is 0 Å². The monoisotopic (exact) mass is 275 g/mol. The van der Waals surface area contributed by atoms with Crippen molar-refractivity contribution in [1.29, 1.82) is 0 Å². The van der Waals surface area contributed by atoms with E-state index in [9.17, 15) is 0 Å². The summed E-state index contributed by atoms with van der Waals surface area (Å²) in [6, 6.07) is 5.32. The predicted octanol–water partition coefficient (Wildman–Crippen LogP) is 3.92. The van der Waals surface area contributed by atoms with Crippen molar-refractivity contribution in [3.63, 3.8) is 0 Å². The Labute approximate surface area is 118 Å². The van der Waals surface area contributed by atoms with Crippen molar-refractivity contribution >= 4 is 21.4 Å². The van der Waals surface area contributed by atoms with E-state index in [1.54, 1.807) is 7.11 Å². The molecule has 0 bridgehead atoms. The van der Waals surface area contributed by atoms with Crippen molar-refractivity contribution in [3.8, 4) is 0 Å². The van der Waals surface area contributed by atoms with E-state index < -0.39 is 0 Å². The molecule has 2 nitrogen and oxygen atoms in total. The fourth-order valence-corrected chi connectivity index (χ4v) is 3.82. The van der Waals surface area contributed by atoms with E-state index in [2.05, 4.69) is 31.3 Å². The summed E-state index contributed by atoms with van der Waals surface area (Å²) in [7, 11) is 1.78. The molecule has 1 aliphatic rings. The molecule has 0 saturated heterocycles. The molecule has 102 valence electrons. The molecule has 1 aromatic heterocycles. The highest BCUT2D eigenvalue weighted by Gasteiger charge is 2.22. The van der Waals surface area contributed by atoms with Gasteiger partial charge in [0.1, 0.15) is 0 Å². The van der Waals surface area contributed by atoms with E-state index in [1.165, 1.54) is 44.5 Å². The number of hydrogen-bond donors (Lipinski definition) is 1. The van der Waals surface area contributed by atoms with E-state index in [0.29, 0.717) is 6.61 Å². The minimum atomic E-state index is 0.713. The minimum Gasteiger partial charge on any atom is -0.380 e. The quantitative estimate of drug-likeness (QED) is 0.893. The van der Waals surface area contributed by atoms with E-state index >= 15 is 0 Å². The molecular weight excluding hydrogens is 254 g/mol. The fraction of sp³-hybridized carbons (Fsp3) is 0.500. The Kier molecular flexibility index (Phi) is 3.61. The lowest BCUT2D eigenvalue weighted by Gasteiger charge is -2.05. The Hall–Kier alpha value is -0.900. The van der Waals surface area contributed by atoms with Crippen LogP contribution in [-0.4, -0.2) is 13.2 Å². The molecule has 0 amide bonds. The maximum atomic E-state index is 5.42. The van der Waals surface area contributed by atoms with Gasteiger partial charge in [0.05, 0.1) is 6.61 Å². The standard InChI is InChI=1S/C16H21NOS/c1-10-6-11(2)16-13(7-10)14(9-18-3)15(19-16)8-17-12-4-5-12/h6-7,12,17H,4-5,8-9H2,1-3H3. The molecule has 1 fully saturated rings. The van der Waals surface area contributed by atoms with Gasteiger partial charge in [-0.2, -0.15) is 0 Å². The van der Waals surface area contributed by atoms with Gasteiger partial charge in [-0.3, -0.25) is 0 Å². The molecule has 2 aromatic rings. The molecule has 1 N–H and O–H groups in total. The van der Waals surface area contributed by atoms with Gasteiger partial charge in [0.2, 0.25) is 0 Å². The zero-order valence-corrected chi connectivity index (χ0v) is 12.7. The Bertz CT molecular complexity index is 598. The number of fused-ring (bicyclic) bond motifs is 1. The SMILES string of the molecule is COCc1c(CNC2CC2)sc2c(C)cc(C)cc12. The summed E-state index contributed by atoms with van der Waals surface area (Å²) in [5.41, 5.74) is 4.10. The maximum Gasteiger partial charge on any atom is 0.0730 e. The van der Waals surface area contributed by atoms with E-state index in [4.69, 9.17) is 4.74 Å². The van der Waals surface area contributed by atoms with Gasteiger partial charge in [-0.25, -0.2) is 0 Å². The van der Waals surface area contributed by atoms with Gasteiger partial charge < -0.3 is 10.1 Å². The molecule has 1 saturated carbocycles. The summed E-state index contributed by atoms with van der Waals surface area (Å²) < 4.78 is 6.84. The molecule has 3 rings (SSSR count). The molecule has 1 aromatic carbocycles. The van der Waals surface area contributed by atoms with Crippen LogP contribution in [0, 0.1) is 13.8 Å². The van der Waals surface area contributed by atoms with E-state index in [-0.39, 0.29) is 0 Å². The Morgan fingerprint density at radius 1 is 1.32 bits per heavy atom. The topological polar surface area (TPSA) is 21.3 Å². The summed E-state index contributed by atoms with van der Waals surface area (Å²) in [4.78, 5) is 1.44. The Morgan fingerprint density at radius 2 is 2.11 bits per heavy atom. The molecule has 0 unspecified atom stereocenters. The van der Waals surface area contributed by atoms with Gasteiger partial charge in [-0.05, 0) is 37.6 Å². The second-order valence-corrected chi connectivity index (χ2v) is 6.66. The van der Waals surface area contributed by atoms with Crippen LogP contribution in [0.2, 0.25) is 0 Å². The maximum absolute atomic E-state index is 5.42. The second-order valence-electron chi connectivity index (χ2n) is 5.55. The fourth-order valence-electron chi connectivity index (χ4n) is 2.62. The molecule has 0 atom stereocenters. The Balaban J connectivity index is 2.03. The van der Waals surface area contributed by atoms with Gasteiger partial charge in [0, 0.05) is 34.8 Å². The lowest BCUT2D eigenvalue weighted by atomic mass is 10.1. The number of benzene rings is 1. The average molecular weight is 275 g/mol. The van der Waals surface area contributed by atoms with Crippen LogP contribution >= 0.6 is 11.3 Å². The summed E-state index contributed by atoms with van der Waals surface area (Å²) in [6.45, 7) is 6.08. The number of ether oxygens (including phenoxy) is 1. The summed E-state index contributed by atoms with van der Waals surface area (Å²) in [5, 5.41) is 5.01. The van der Waals surface area contributed by atoms with Crippen molar-refractivity contribution in [2.75, 3.05) is 7.11 Å². The summed E-state index contributed by atoms with van der Waals surface area (Å²) in [6.07, 6.45) is 2.67. The lowest BCUT2D eigenvalue weighted by molar-refractivity contribution is 0.185. The third-order valence-corrected chi connectivity index (χ3v) is 5.11. The molecular formula is C16H21NOS. The number of nitrogens with one attached hydrogen (secondary N) is 1. The van der Waals surface area contributed by atoms with Crippen LogP contribution in [0.5, 0.6) is 0 Å². The first-order valence-corrected chi connectivity index (χ1v) is 7.74. The highest BCUT2D eigenvalue weighted by atomic mass is 32.1. The van der Waals surface area contributed by atoms with Crippen molar-refractivity contribution < 1.29 is 4.74 Å². The largest absolute Gasteiger partial charge is 0.380 e. The van der Waals surface area contributed by atoms with Crippen LogP contribution in [0.1, 0.15) is 34.4 Å². The Morgan fingerprint density at radius 3 is 2.79 bits per heavy atom. The van der Waals surface area contributed by atoms with Crippen LogP contribution in [0.3, 0.4) is 0 Å².